The van der Waals surface area contributed by atoms with Crippen LogP contribution >= 0.6 is 0 Å². The molecule has 0 unspecified atom stereocenters. The van der Waals surface area contributed by atoms with Crippen LogP contribution in [-0.4, -0.2) is 25.5 Å². The van der Waals surface area contributed by atoms with Crippen molar-refractivity contribution in [3.8, 4) is 11.5 Å². The molecule has 1 aliphatic carbocycles. The predicted octanol–water partition coefficient (Wildman–Crippen LogP) is 2.70. The summed E-state index contributed by atoms with van der Waals surface area (Å²) in [4.78, 5) is 12.3. The second-order valence-corrected chi connectivity index (χ2v) is 6.27. The Bertz CT molecular complexity index is 631. The van der Waals surface area contributed by atoms with Gasteiger partial charge in [0.15, 0.2) is 17.3 Å². The molecule has 0 atom stereocenters. The van der Waals surface area contributed by atoms with E-state index < -0.39 is 0 Å². The van der Waals surface area contributed by atoms with Gasteiger partial charge in [0.2, 0.25) is 0 Å². The molecular weight excluding hydrogens is 278 g/mol. The third-order valence-corrected chi connectivity index (χ3v) is 4.77. The van der Waals surface area contributed by atoms with Gasteiger partial charge in [0.25, 0.3) is 0 Å². The van der Waals surface area contributed by atoms with Gasteiger partial charge in [0.05, 0.1) is 13.2 Å². The summed E-state index contributed by atoms with van der Waals surface area (Å²) < 4.78 is 11.5. The first-order valence-electron chi connectivity index (χ1n) is 8.23. The minimum absolute atomic E-state index is 0.236. The number of hydrogen-bond acceptors (Lipinski definition) is 4. The molecule has 0 aromatic heterocycles. The topological polar surface area (TPSA) is 47.6 Å². The first kappa shape index (κ1) is 13.7. The Morgan fingerprint density at radius 3 is 2.64 bits per heavy atom. The van der Waals surface area contributed by atoms with Crippen molar-refractivity contribution in [2.24, 2.45) is 5.92 Å². The van der Waals surface area contributed by atoms with E-state index in [0.717, 1.165) is 55.0 Å². The lowest BCUT2D eigenvalue weighted by atomic mass is 9.81. The number of benzene rings is 1. The zero-order valence-corrected chi connectivity index (χ0v) is 12.7. The normalized spacial score (nSPS) is 22.3. The highest BCUT2D eigenvalue weighted by atomic mass is 16.5. The number of carbonyl (C=O) groups excluding carboxylic acids is 1. The molecule has 0 saturated heterocycles. The summed E-state index contributed by atoms with van der Waals surface area (Å²) in [6.07, 6.45) is 6.91. The summed E-state index contributed by atoms with van der Waals surface area (Å²) in [6.45, 7) is 2.24. The molecule has 22 heavy (non-hydrogen) atoms. The molecule has 4 rings (SSSR count). The number of fused-ring (bicyclic) bond motifs is 2. The standard InChI is InChI=1S/C18H21NO3/c20-16(12-3-1-4-12)11-15-14-10-18-17(21-7-2-8-22-18)9-13(14)5-6-19-15/h9-12,19H,1-8H2. The van der Waals surface area contributed by atoms with Crippen molar-refractivity contribution in [3.05, 3.63) is 29.3 Å². The van der Waals surface area contributed by atoms with Gasteiger partial charge in [-0.1, -0.05) is 6.42 Å². The van der Waals surface area contributed by atoms with Crippen LogP contribution < -0.4 is 14.8 Å². The van der Waals surface area contributed by atoms with Crippen molar-refractivity contribution in [2.45, 2.75) is 32.1 Å². The summed E-state index contributed by atoms with van der Waals surface area (Å²) in [5.41, 5.74) is 3.26. The van der Waals surface area contributed by atoms with Crippen LogP contribution in [-0.2, 0) is 11.2 Å². The molecule has 1 saturated carbocycles. The van der Waals surface area contributed by atoms with Gasteiger partial charge in [-0.2, -0.15) is 0 Å². The van der Waals surface area contributed by atoms with E-state index >= 15 is 0 Å². The quantitative estimate of drug-likeness (QED) is 0.853. The Kier molecular flexibility index (Phi) is 3.53. The molecule has 0 radical (unpaired) electrons. The van der Waals surface area contributed by atoms with Crippen LogP contribution in [0.5, 0.6) is 11.5 Å². The van der Waals surface area contributed by atoms with Crippen LogP contribution in [0.15, 0.2) is 18.2 Å². The molecule has 1 fully saturated rings. The van der Waals surface area contributed by atoms with E-state index in [9.17, 15) is 4.79 Å². The number of hydrogen-bond donors (Lipinski definition) is 1. The molecule has 0 spiro atoms. The SMILES string of the molecule is O=C(C=C1NCCc2cc3c(cc21)OCCCO3)C1CCC1. The summed E-state index contributed by atoms with van der Waals surface area (Å²) in [5, 5.41) is 3.38. The highest BCUT2D eigenvalue weighted by Gasteiger charge is 2.26. The van der Waals surface area contributed by atoms with Crippen molar-refractivity contribution in [1.82, 2.24) is 5.32 Å². The molecule has 0 bridgehead atoms. The van der Waals surface area contributed by atoms with Gasteiger partial charge in [-0.3, -0.25) is 4.79 Å². The van der Waals surface area contributed by atoms with Gasteiger partial charge in [-0.15, -0.1) is 0 Å². The fourth-order valence-corrected chi connectivity index (χ4v) is 3.22. The van der Waals surface area contributed by atoms with Gasteiger partial charge in [0.1, 0.15) is 0 Å². The Morgan fingerprint density at radius 1 is 1.14 bits per heavy atom. The number of ether oxygens (including phenoxy) is 2. The van der Waals surface area contributed by atoms with Crippen LogP contribution in [0.4, 0.5) is 0 Å². The molecule has 4 heteroatoms. The fourth-order valence-electron chi connectivity index (χ4n) is 3.22. The minimum Gasteiger partial charge on any atom is -0.490 e. The van der Waals surface area contributed by atoms with E-state index in [4.69, 9.17) is 9.47 Å². The van der Waals surface area contributed by atoms with Crippen molar-refractivity contribution < 1.29 is 14.3 Å². The van der Waals surface area contributed by atoms with Crippen molar-refractivity contribution in [3.63, 3.8) is 0 Å². The van der Waals surface area contributed by atoms with E-state index in [1.54, 1.807) is 6.08 Å². The smallest absolute Gasteiger partial charge is 0.161 e. The highest BCUT2D eigenvalue weighted by Crippen LogP contribution is 2.37. The average molecular weight is 299 g/mol. The third kappa shape index (κ3) is 2.47. The molecule has 1 N–H and O–H groups in total. The second-order valence-electron chi connectivity index (χ2n) is 6.27. The molecule has 1 aromatic rings. The van der Waals surface area contributed by atoms with Crippen molar-refractivity contribution >= 4 is 11.5 Å². The summed E-state index contributed by atoms with van der Waals surface area (Å²) >= 11 is 0. The zero-order valence-electron chi connectivity index (χ0n) is 12.7. The number of allylic oxidation sites excluding steroid dienone is 1. The molecule has 2 aliphatic heterocycles. The maximum absolute atomic E-state index is 12.3. The monoisotopic (exact) mass is 299 g/mol. The Morgan fingerprint density at radius 2 is 1.91 bits per heavy atom. The van der Waals surface area contributed by atoms with Crippen LogP contribution in [0.25, 0.3) is 5.70 Å². The van der Waals surface area contributed by atoms with E-state index in [2.05, 4.69) is 11.4 Å². The van der Waals surface area contributed by atoms with Gasteiger partial charge in [-0.25, -0.2) is 0 Å². The fraction of sp³-hybridized carbons (Fsp3) is 0.500. The first-order chi connectivity index (χ1) is 10.8. The van der Waals surface area contributed by atoms with Gasteiger partial charge >= 0.3 is 0 Å². The molecule has 3 aliphatic rings. The molecule has 2 heterocycles. The van der Waals surface area contributed by atoms with Crippen LogP contribution in [0.2, 0.25) is 0 Å². The lowest BCUT2D eigenvalue weighted by Gasteiger charge is -2.25. The number of nitrogens with one attached hydrogen (secondary N) is 1. The summed E-state index contributed by atoms with van der Waals surface area (Å²) in [7, 11) is 0. The first-order valence-corrected chi connectivity index (χ1v) is 8.23. The second kappa shape index (κ2) is 5.67. The third-order valence-electron chi connectivity index (χ3n) is 4.77. The molecule has 4 nitrogen and oxygen atoms in total. The van der Waals surface area contributed by atoms with E-state index in [1.807, 2.05) is 6.07 Å². The zero-order chi connectivity index (χ0) is 14.9. The Labute approximate surface area is 130 Å². The number of carbonyl (C=O) groups is 1. The molecule has 1 aromatic carbocycles. The van der Waals surface area contributed by atoms with E-state index in [0.29, 0.717) is 13.2 Å². The minimum atomic E-state index is 0.236. The maximum atomic E-state index is 12.3. The predicted molar refractivity (Wildman–Crippen MR) is 84.1 cm³/mol. The van der Waals surface area contributed by atoms with E-state index in [1.165, 1.54) is 12.0 Å². The average Bonchev–Trinajstić information content (AvgIpc) is 2.68. The lowest BCUT2D eigenvalue weighted by molar-refractivity contribution is -0.120. The Hall–Kier alpha value is -1.97. The molecule has 116 valence electrons. The Balaban J connectivity index is 1.69. The van der Waals surface area contributed by atoms with Crippen LogP contribution in [0.1, 0.15) is 36.8 Å². The highest BCUT2D eigenvalue weighted by molar-refractivity contribution is 5.99. The van der Waals surface area contributed by atoms with Crippen molar-refractivity contribution in [1.29, 1.82) is 0 Å². The lowest BCUT2D eigenvalue weighted by Crippen LogP contribution is -2.26. The molecular formula is C18H21NO3. The summed E-state index contributed by atoms with van der Waals surface area (Å²) in [6, 6.07) is 4.11. The van der Waals surface area contributed by atoms with Crippen LogP contribution in [0, 0.1) is 5.92 Å². The number of ketones is 1. The van der Waals surface area contributed by atoms with Crippen LogP contribution in [0.3, 0.4) is 0 Å². The van der Waals surface area contributed by atoms with E-state index in [-0.39, 0.29) is 11.7 Å². The van der Waals surface area contributed by atoms with Gasteiger partial charge in [0, 0.05) is 36.2 Å². The van der Waals surface area contributed by atoms with Gasteiger partial charge in [-0.05, 0) is 37.0 Å². The van der Waals surface area contributed by atoms with Gasteiger partial charge < -0.3 is 14.8 Å². The maximum Gasteiger partial charge on any atom is 0.161 e. The summed E-state index contributed by atoms with van der Waals surface area (Å²) in [5.74, 6) is 2.12. The van der Waals surface area contributed by atoms with Crippen molar-refractivity contribution in [2.75, 3.05) is 19.8 Å². The largest absolute Gasteiger partial charge is 0.490 e. The number of rotatable bonds is 2. The molecule has 0 amide bonds.